The number of hydrogen-bond donors (Lipinski definition) is 2. The summed E-state index contributed by atoms with van der Waals surface area (Å²) in [5, 5.41) is 12.6. The Morgan fingerprint density at radius 1 is 1.24 bits per heavy atom. The summed E-state index contributed by atoms with van der Waals surface area (Å²) in [6, 6.07) is 8.90. The van der Waals surface area contributed by atoms with Crippen molar-refractivity contribution in [2.45, 2.75) is 43.7 Å². The lowest BCUT2D eigenvalue weighted by molar-refractivity contribution is -0.117. The third-order valence-electron chi connectivity index (χ3n) is 6.84. The molecule has 0 aromatic heterocycles. The molecule has 2 aromatic rings. The molecule has 1 saturated carbocycles. The normalized spacial score (nSPS) is 21.0. The first-order chi connectivity index (χ1) is 17.5. The van der Waals surface area contributed by atoms with Gasteiger partial charge in [-0.15, -0.1) is 0 Å². The molecule has 1 aliphatic heterocycles. The summed E-state index contributed by atoms with van der Waals surface area (Å²) >= 11 is 0. The molecule has 1 heterocycles. The molecule has 0 spiro atoms. The summed E-state index contributed by atoms with van der Waals surface area (Å²) in [5.74, 6) is -1.04. The number of nitrogens with zero attached hydrogens (tertiary/aromatic N) is 2. The number of amides is 2. The van der Waals surface area contributed by atoms with Crippen molar-refractivity contribution in [2.24, 2.45) is 11.8 Å². The number of halogens is 1. The van der Waals surface area contributed by atoms with Gasteiger partial charge >= 0.3 is 0 Å². The molecule has 3 atom stereocenters. The molecule has 0 saturated heterocycles. The Kier molecular flexibility index (Phi) is 7.86. The van der Waals surface area contributed by atoms with Crippen LogP contribution in [-0.2, 0) is 14.8 Å². The van der Waals surface area contributed by atoms with Gasteiger partial charge in [-0.1, -0.05) is 6.92 Å². The molecule has 2 aliphatic rings. The van der Waals surface area contributed by atoms with Crippen molar-refractivity contribution in [3.63, 3.8) is 0 Å². The van der Waals surface area contributed by atoms with Crippen molar-refractivity contribution in [3.8, 4) is 5.75 Å². The largest absolute Gasteiger partial charge is 0.488 e. The second-order valence-electron chi connectivity index (χ2n) is 9.84. The number of likely N-dealkylation sites (N-methyl/N-ethyl adjacent to an activating group) is 1. The van der Waals surface area contributed by atoms with Crippen LogP contribution >= 0.6 is 0 Å². The van der Waals surface area contributed by atoms with Gasteiger partial charge in [-0.3, -0.25) is 9.59 Å². The minimum Gasteiger partial charge on any atom is -0.488 e. The van der Waals surface area contributed by atoms with E-state index in [9.17, 15) is 27.5 Å². The Bertz CT molecular complexity index is 1270. The number of rotatable bonds is 8. The van der Waals surface area contributed by atoms with E-state index in [-0.39, 0.29) is 59.6 Å². The van der Waals surface area contributed by atoms with Crippen LogP contribution in [0.3, 0.4) is 0 Å². The van der Waals surface area contributed by atoms with Crippen molar-refractivity contribution in [2.75, 3.05) is 32.1 Å². The smallest absolute Gasteiger partial charge is 0.258 e. The van der Waals surface area contributed by atoms with E-state index < -0.39 is 28.0 Å². The average molecular weight is 534 g/mol. The number of carbonyl (C=O) groups is 2. The lowest BCUT2D eigenvalue weighted by atomic mass is 9.99. The maximum Gasteiger partial charge on any atom is 0.258 e. The fourth-order valence-corrected chi connectivity index (χ4v) is 5.43. The van der Waals surface area contributed by atoms with Crippen molar-refractivity contribution in [1.82, 2.24) is 9.21 Å². The zero-order chi connectivity index (χ0) is 26.9. The number of anilines is 1. The number of carbonyl (C=O) groups excluding carboxylic acids is 2. The third-order valence-corrected chi connectivity index (χ3v) is 8.68. The SMILES string of the molecule is C[C@@H]1CN([C@@H](C)CO)C(=O)c2cc(NC(=O)C3CC3)ccc2O[C@H]1CN(C)S(=O)(=O)c1ccc(F)cc1. The quantitative estimate of drug-likeness (QED) is 0.539. The molecule has 200 valence electrons. The summed E-state index contributed by atoms with van der Waals surface area (Å²) < 4.78 is 46.9. The van der Waals surface area contributed by atoms with Gasteiger partial charge in [0.25, 0.3) is 5.91 Å². The van der Waals surface area contributed by atoms with Gasteiger partial charge < -0.3 is 20.1 Å². The van der Waals surface area contributed by atoms with E-state index in [4.69, 9.17) is 4.74 Å². The van der Waals surface area contributed by atoms with E-state index in [0.29, 0.717) is 5.69 Å². The highest BCUT2D eigenvalue weighted by atomic mass is 32.2. The van der Waals surface area contributed by atoms with Crippen LogP contribution in [0, 0.1) is 17.7 Å². The highest BCUT2D eigenvalue weighted by Crippen LogP contribution is 2.33. The molecule has 9 nitrogen and oxygen atoms in total. The monoisotopic (exact) mass is 533 g/mol. The van der Waals surface area contributed by atoms with E-state index in [1.165, 1.54) is 19.2 Å². The van der Waals surface area contributed by atoms with Crippen molar-refractivity contribution < 1.29 is 32.2 Å². The summed E-state index contributed by atoms with van der Waals surface area (Å²) in [6.07, 6.45) is 1.04. The van der Waals surface area contributed by atoms with E-state index in [2.05, 4.69) is 5.32 Å². The Morgan fingerprint density at radius 3 is 2.54 bits per heavy atom. The van der Waals surface area contributed by atoms with Crippen LogP contribution in [-0.4, -0.2) is 73.4 Å². The minimum atomic E-state index is -3.93. The first-order valence-electron chi connectivity index (χ1n) is 12.3. The van der Waals surface area contributed by atoms with E-state index in [0.717, 1.165) is 29.3 Å². The molecule has 2 amide bonds. The van der Waals surface area contributed by atoms with Crippen LogP contribution in [0.1, 0.15) is 37.0 Å². The number of sulfonamides is 1. The first-order valence-corrected chi connectivity index (χ1v) is 13.7. The Morgan fingerprint density at radius 2 is 1.92 bits per heavy atom. The van der Waals surface area contributed by atoms with Crippen molar-refractivity contribution in [3.05, 3.63) is 53.8 Å². The van der Waals surface area contributed by atoms with Crippen LogP contribution in [0.2, 0.25) is 0 Å². The van der Waals surface area contributed by atoms with E-state index in [1.807, 2.05) is 6.92 Å². The molecule has 1 aliphatic carbocycles. The van der Waals surface area contributed by atoms with Gasteiger partial charge in [0.15, 0.2) is 0 Å². The summed E-state index contributed by atoms with van der Waals surface area (Å²) in [6.45, 7) is 3.51. The fourth-order valence-electron chi connectivity index (χ4n) is 4.25. The number of fused-ring (bicyclic) bond motifs is 1. The molecule has 1 fully saturated rings. The lowest BCUT2D eigenvalue weighted by Gasteiger charge is -2.38. The van der Waals surface area contributed by atoms with Crippen molar-refractivity contribution in [1.29, 1.82) is 0 Å². The zero-order valence-corrected chi connectivity index (χ0v) is 21.9. The van der Waals surface area contributed by atoms with Crippen LogP contribution in [0.4, 0.5) is 10.1 Å². The molecule has 0 unspecified atom stereocenters. The number of aliphatic hydroxyl groups is 1. The minimum absolute atomic E-state index is 0.0105. The summed E-state index contributed by atoms with van der Waals surface area (Å²) in [5.41, 5.74) is 0.681. The molecule has 11 heteroatoms. The van der Waals surface area contributed by atoms with Crippen LogP contribution < -0.4 is 10.1 Å². The number of hydrogen-bond acceptors (Lipinski definition) is 6. The second-order valence-corrected chi connectivity index (χ2v) is 11.9. The highest BCUT2D eigenvalue weighted by molar-refractivity contribution is 7.89. The average Bonchev–Trinajstić information content (AvgIpc) is 3.72. The molecule has 2 aromatic carbocycles. The van der Waals surface area contributed by atoms with Gasteiger partial charge in [-0.25, -0.2) is 12.8 Å². The predicted octanol–water partition coefficient (Wildman–Crippen LogP) is 2.72. The Hall–Kier alpha value is -3.02. The molecule has 4 rings (SSSR count). The van der Waals surface area contributed by atoms with Crippen molar-refractivity contribution >= 4 is 27.5 Å². The number of nitrogens with one attached hydrogen (secondary N) is 1. The topological polar surface area (TPSA) is 116 Å². The molecule has 2 N–H and O–H groups in total. The van der Waals surface area contributed by atoms with E-state index in [1.54, 1.807) is 30.0 Å². The Balaban J connectivity index is 1.64. The number of benzene rings is 2. The van der Waals surface area contributed by atoms with Gasteiger partial charge in [0.1, 0.15) is 17.7 Å². The predicted molar refractivity (Wildman–Crippen MR) is 135 cm³/mol. The van der Waals surface area contributed by atoms with Gasteiger partial charge in [-0.2, -0.15) is 4.31 Å². The maximum atomic E-state index is 13.5. The highest BCUT2D eigenvalue weighted by Gasteiger charge is 2.36. The molecule has 37 heavy (non-hydrogen) atoms. The van der Waals surface area contributed by atoms with E-state index >= 15 is 0 Å². The summed E-state index contributed by atoms with van der Waals surface area (Å²) in [4.78, 5) is 27.3. The fraction of sp³-hybridized carbons (Fsp3) is 0.462. The number of aliphatic hydroxyl groups excluding tert-OH is 1. The van der Waals surface area contributed by atoms with Gasteiger partial charge in [0.05, 0.1) is 29.7 Å². The van der Waals surface area contributed by atoms with Crippen LogP contribution in [0.25, 0.3) is 0 Å². The third kappa shape index (κ3) is 5.94. The number of ether oxygens (including phenoxy) is 1. The van der Waals surface area contributed by atoms with Gasteiger partial charge in [0, 0.05) is 31.1 Å². The summed E-state index contributed by atoms with van der Waals surface area (Å²) in [7, 11) is -2.51. The zero-order valence-electron chi connectivity index (χ0n) is 21.1. The standard InChI is InChI=1S/C26H32FN3O6S/c1-16-13-30(17(2)15-31)26(33)22-12-20(28-25(32)18-4-5-18)8-11-23(22)36-24(16)14-29(3)37(34,35)21-9-6-19(27)7-10-21/h6-12,16-18,24,31H,4-5,13-15H2,1-3H3,(H,28,32)/t16-,17+,24+/m1/s1. The Labute approximate surface area is 216 Å². The lowest BCUT2D eigenvalue weighted by Crippen LogP contribution is -2.50. The molecule has 0 radical (unpaired) electrons. The second kappa shape index (κ2) is 10.8. The molecular weight excluding hydrogens is 501 g/mol. The van der Waals surface area contributed by atoms with Crippen LogP contribution in [0.5, 0.6) is 5.75 Å². The maximum absolute atomic E-state index is 13.5. The van der Waals surface area contributed by atoms with Gasteiger partial charge in [0.2, 0.25) is 15.9 Å². The molecule has 0 bridgehead atoms. The first kappa shape index (κ1) is 27.0. The van der Waals surface area contributed by atoms with Gasteiger partial charge in [-0.05, 0) is 62.2 Å². The molecular formula is C26H32FN3O6S. The van der Waals surface area contributed by atoms with Crippen LogP contribution in [0.15, 0.2) is 47.4 Å².